The van der Waals surface area contributed by atoms with E-state index in [1.807, 2.05) is 0 Å². The van der Waals surface area contributed by atoms with Crippen molar-refractivity contribution in [3.8, 4) is 0 Å². The van der Waals surface area contributed by atoms with Gasteiger partial charge in [-0.15, -0.1) is 0 Å². The van der Waals surface area contributed by atoms with E-state index in [1.54, 1.807) is 0 Å². The number of alkyl halides is 2. The summed E-state index contributed by atoms with van der Waals surface area (Å²) in [5.41, 5.74) is 4.43. The molecule has 20 heavy (non-hydrogen) atoms. The predicted molar refractivity (Wildman–Crippen MR) is 68.6 cm³/mol. The average molecular weight is 293 g/mol. The zero-order chi connectivity index (χ0) is 15.2. The minimum absolute atomic E-state index is 0.191. The standard InChI is InChI=1S/C12H21F2N3O3/c13-9(14)8-17(6-7-18)11(19)12(10(15)16-20)4-2-1-3-5-12/h9,18,20H,1-8H2,(H2,15,16). The summed E-state index contributed by atoms with van der Waals surface area (Å²) >= 11 is 0. The second-order valence-electron chi connectivity index (χ2n) is 4.99. The zero-order valence-corrected chi connectivity index (χ0v) is 11.3. The maximum Gasteiger partial charge on any atom is 0.255 e. The molecule has 0 aromatic carbocycles. The lowest BCUT2D eigenvalue weighted by Crippen LogP contribution is -2.54. The van der Waals surface area contributed by atoms with Crippen LogP contribution >= 0.6 is 0 Å². The van der Waals surface area contributed by atoms with Crippen LogP contribution in [0.3, 0.4) is 0 Å². The topological polar surface area (TPSA) is 99.2 Å². The van der Waals surface area contributed by atoms with Crippen LogP contribution in [0.1, 0.15) is 32.1 Å². The van der Waals surface area contributed by atoms with Gasteiger partial charge in [-0.05, 0) is 12.8 Å². The summed E-state index contributed by atoms with van der Waals surface area (Å²) < 4.78 is 25.1. The van der Waals surface area contributed by atoms with Gasteiger partial charge in [0.15, 0.2) is 5.84 Å². The number of rotatable bonds is 6. The Bertz CT molecular complexity index is 358. The summed E-state index contributed by atoms with van der Waals surface area (Å²) in [7, 11) is 0. The van der Waals surface area contributed by atoms with Crippen molar-refractivity contribution in [2.45, 2.75) is 38.5 Å². The highest BCUT2D eigenvalue weighted by atomic mass is 19.3. The van der Waals surface area contributed by atoms with Gasteiger partial charge in [-0.25, -0.2) is 8.78 Å². The van der Waals surface area contributed by atoms with Gasteiger partial charge >= 0.3 is 0 Å². The van der Waals surface area contributed by atoms with Crippen LogP contribution in [0.15, 0.2) is 5.16 Å². The molecule has 0 heterocycles. The van der Waals surface area contributed by atoms with E-state index in [9.17, 15) is 13.6 Å². The first-order chi connectivity index (χ1) is 9.47. The Hall–Kier alpha value is -1.44. The monoisotopic (exact) mass is 293 g/mol. The van der Waals surface area contributed by atoms with Crippen LogP contribution in [-0.2, 0) is 4.79 Å². The van der Waals surface area contributed by atoms with E-state index in [4.69, 9.17) is 16.0 Å². The number of amides is 1. The maximum absolute atomic E-state index is 12.6. The van der Waals surface area contributed by atoms with Crippen LogP contribution in [-0.4, -0.2) is 53.1 Å². The van der Waals surface area contributed by atoms with Crippen molar-refractivity contribution >= 4 is 11.7 Å². The molecule has 0 aromatic heterocycles. The number of oxime groups is 1. The molecular formula is C12H21F2N3O3. The largest absolute Gasteiger partial charge is 0.409 e. The average Bonchev–Trinajstić information content (AvgIpc) is 2.45. The minimum atomic E-state index is -2.70. The normalized spacial score (nSPS) is 19.1. The Labute approximate surface area is 116 Å². The molecule has 0 unspecified atom stereocenters. The van der Waals surface area contributed by atoms with Crippen molar-refractivity contribution in [3.63, 3.8) is 0 Å². The summed E-state index contributed by atoms with van der Waals surface area (Å²) in [5.74, 6) is -0.832. The Morgan fingerprint density at radius 1 is 1.35 bits per heavy atom. The fourth-order valence-electron chi connectivity index (χ4n) is 2.70. The highest BCUT2D eigenvalue weighted by molar-refractivity contribution is 6.06. The summed E-state index contributed by atoms with van der Waals surface area (Å²) in [6.07, 6.45) is 0.383. The fraction of sp³-hybridized carbons (Fsp3) is 0.833. The lowest BCUT2D eigenvalue weighted by molar-refractivity contribution is -0.142. The molecule has 0 bridgehead atoms. The van der Waals surface area contributed by atoms with Gasteiger partial charge in [-0.2, -0.15) is 0 Å². The minimum Gasteiger partial charge on any atom is -0.409 e. The number of nitrogens with two attached hydrogens (primary N) is 1. The van der Waals surface area contributed by atoms with Gasteiger partial charge in [0.25, 0.3) is 6.43 Å². The number of nitrogens with zero attached hydrogens (tertiary/aromatic N) is 2. The molecule has 0 saturated heterocycles. The Kier molecular flexibility index (Phi) is 6.12. The van der Waals surface area contributed by atoms with Crippen molar-refractivity contribution in [2.24, 2.45) is 16.3 Å². The number of aliphatic hydroxyl groups excluding tert-OH is 1. The van der Waals surface area contributed by atoms with Gasteiger partial charge in [0.2, 0.25) is 5.91 Å². The molecule has 0 aliphatic heterocycles. The summed E-state index contributed by atoms with van der Waals surface area (Å²) in [5, 5.41) is 20.7. The van der Waals surface area contributed by atoms with E-state index in [2.05, 4.69) is 5.16 Å². The molecule has 1 aliphatic carbocycles. The molecule has 0 aromatic rings. The lowest BCUT2D eigenvalue weighted by atomic mass is 9.72. The molecule has 6 nitrogen and oxygen atoms in total. The Morgan fingerprint density at radius 3 is 2.40 bits per heavy atom. The number of amidine groups is 1. The molecule has 1 rings (SSSR count). The van der Waals surface area contributed by atoms with Crippen molar-refractivity contribution < 1.29 is 23.9 Å². The van der Waals surface area contributed by atoms with Gasteiger partial charge in [-0.1, -0.05) is 24.4 Å². The number of halogens is 2. The molecular weight excluding hydrogens is 272 g/mol. The Balaban J connectivity index is 3.01. The highest BCUT2D eigenvalue weighted by Gasteiger charge is 2.46. The molecule has 8 heteroatoms. The second-order valence-corrected chi connectivity index (χ2v) is 4.99. The third kappa shape index (κ3) is 3.56. The fourth-order valence-corrected chi connectivity index (χ4v) is 2.70. The predicted octanol–water partition coefficient (Wildman–Crippen LogP) is 0.769. The van der Waals surface area contributed by atoms with E-state index in [1.165, 1.54) is 0 Å². The highest BCUT2D eigenvalue weighted by Crippen LogP contribution is 2.38. The molecule has 116 valence electrons. The van der Waals surface area contributed by atoms with E-state index in [0.29, 0.717) is 25.7 Å². The molecule has 0 spiro atoms. The third-order valence-corrected chi connectivity index (χ3v) is 3.73. The SMILES string of the molecule is NC(=NO)C1(C(=O)N(CCO)CC(F)F)CCCCC1. The van der Waals surface area contributed by atoms with Gasteiger partial charge in [0.05, 0.1) is 13.2 Å². The van der Waals surface area contributed by atoms with Gasteiger partial charge in [-0.3, -0.25) is 4.79 Å². The molecule has 4 N–H and O–H groups in total. The molecule has 1 fully saturated rings. The van der Waals surface area contributed by atoms with Crippen LogP contribution in [0.2, 0.25) is 0 Å². The van der Waals surface area contributed by atoms with Crippen LogP contribution < -0.4 is 5.73 Å². The van der Waals surface area contributed by atoms with Crippen molar-refractivity contribution in [2.75, 3.05) is 19.7 Å². The molecule has 1 amide bonds. The van der Waals surface area contributed by atoms with Gasteiger partial charge < -0.3 is 20.9 Å². The number of aliphatic hydroxyl groups is 1. The molecule has 0 radical (unpaired) electrons. The molecule has 0 atom stereocenters. The number of hydrogen-bond donors (Lipinski definition) is 3. The van der Waals surface area contributed by atoms with E-state index >= 15 is 0 Å². The van der Waals surface area contributed by atoms with Crippen LogP contribution in [0.4, 0.5) is 8.78 Å². The quantitative estimate of drug-likeness (QED) is 0.291. The van der Waals surface area contributed by atoms with Crippen molar-refractivity contribution in [1.82, 2.24) is 4.90 Å². The smallest absolute Gasteiger partial charge is 0.255 e. The lowest BCUT2D eigenvalue weighted by Gasteiger charge is -2.38. The van der Waals surface area contributed by atoms with Gasteiger partial charge in [0.1, 0.15) is 5.41 Å². The first kappa shape index (κ1) is 16.6. The number of carbonyl (C=O) groups excluding carboxylic acids is 1. The first-order valence-corrected chi connectivity index (χ1v) is 6.64. The summed E-state index contributed by atoms with van der Waals surface area (Å²) in [6, 6.07) is 0. The third-order valence-electron chi connectivity index (χ3n) is 3.73. The zero-order valence-electron chi connectivity index (χ0n) is 11.3. The van der Waals surface area contributed by atoms with E-state index < -0.39 is 30.9 Å². The van der Waals surface area contributed by atoms with Crippen molar-refractivity contribution in [3.05, 3.63) is 0 Å². The number of carbonyl (C=O) groups is 1. The maximum atomic E-state index is 12.6. The summed E-state index contributed by atoms with van der Waals surface area (Å²) in [6.45, 7) is -1.37. The van der Waals surface area contributed by atoms with E-state index in [-0.39, 0.29) is 12.4 Å². The molecule has 1 aliphatic rings. The van der Waals surface area contributed by atoms with Crippen molar-refractivity contribution in [1.29, 1.82) is 0 Å². The van der Waals surface area contributed by atoms with E-state index in [0.717, 1.165) is 11.3 Å². The Morgan fingerprint density at radius 2 is 1.95 bits per heavy atom. The number of hydrogen-bond acceptors (Lipinski definition) is 4. The van der Waals surface area contributed by atoms with Gasteiger partial charge in [0, 0.05) is 6.54 Å². The van der Waals surface area contributed by atoms with Crippen LogP contribution in [0.25, 0.3) is 0 Å². The summed E-state index contributed by atoms with van der Waals surface area (Å²) in [4.78, 5) is 13.5. The second kappa shape index (κ2) is 7.37. The van der Waals surface area contributed by atoms with Crippen LogP contribution in [0.5, 0.6) is 0 Å². The molecule has 1 saturated carbocycles. The van der Waals surface area contributed by atoms with Crippen LogP contribution in [0, 0.1) is 5.41 Å². The first-order valence-electron chi connectivity index (χ1n) is 6.64.